The van der Waals surface area contributed by atoms with Gasteiger partial charge in [0.15, 0.2) is 8.32 Å². The van der Waals surface area contributed by atoms with E-state index in [1.54, 1.807) is 0 Å². The first kappa shape index (κ1) is 29.3. The van der Waals surface area contributed by atoms with Crippen molar-refractivity contribution in [2.24, 2.45) is 0 Å². The van der Waals surface area contributed by atoms with Gasteiger partial charge in [-0.15, -0.1) is 46.2 Å². The van der Waals surface area contributed by atoms with Crippen molar-refractivity contribution in [3.63, 3.8) is 0 Å². The Balaban J connectivity index is 0.000000471. The fourth-order valence-electron chi connectivity index (χ4n) is 2.99. The van der Waals surface area contributed by atoms with Crippen LogP contribution in [0.1, 0.15) is 19.8 Å². The van der Waals surface area contributed by atoms with Crippen LogP contribution in [0.25, 0.3) is 21.5 Å². The van der Waals surface area contributed by atoms with Crippen molar-refractivity contribution in [1.29, 1.82) is 0 Å². The third-order valence-electron chi connectivity index (χ3n) is 4.22. The molecule has 0 unspecified atom stereocenters. The molecule has 160 valence electrons. The minimum absolute atomic E-state index is 0. The molecule has 3 aromatic rings. The van der Waals surface area contributed by atoms with E-state index in [9.17, 15) is 0 Å². The largest absolute Gasteiger partial charge is 1.00 e. The Kier molecular flexibility index (Phi) is 14.8. The molecule has 0 spiro atoms. The second kappa shape index (κ2) is 15.2. The van der Waals surface area contributed by atoms with Gasteiger partial charge in [-0.3, -0.25) is 6.08 Å². The number of fused-ring (bicyclic) bond motifs is 3. The molecule has 0 aliphatic heterocycles. The molecule has 0 bridgehead atoms. The monoisotopic (exact) mass is 534 g/mol. The summed E-state index contributed by atoms with van der Waals surface area (Å²) in [5, 5.41) is 5.39. The van der Waals surface area contributed by atoms with E-state index in [2.05, 4.69) is 96.2 Å². The molecule has 0 atom stereocenters. The molecule has 1 nitrogen and oxygen atoms in total. The second-order valence-corrected chi connectivity index (χ2v) is 13.6. The number of hydrogen-bond acceptors (Lipinski definition) is 1. The minimum atomic E-state index is -1.29. The second-order valence-electron chi connectivity index (χ2n) is 7.65. The Hall–Kier alpha value is -0.700. The van der Waals surface area contributed by atoms with Crippen LogP contribution in [-0.4, -0.2) is 18.6 Å². The van der Waals surface area contributed by atoms with Crippen molar-refractivity contribution in [2.75, 3.05) is 6.61 Å². The summed E-state index contributed by atoms with van der Waals surface area (Å²) in [6, 6.07) is 19.3. The zero-order valence-electron chi connectivity index (χ0n) is 18.2. The molecule has 3 aromatic carbocycles. The first-order valence-electron chi connectivity index (χ1n) is 9.82. The van der Waals surface area contributed by atoms with Gasteiger partial charge in [0.25, 0.3) is 0 Å². The molecule has 0 heterocycles. The first-order valence-corrected chi connectivity index (χ1v) is 14.6. The molecule has 4 rings (SSSR count). The number of allylic oxidation sites excluding steroid dienone is 3. The quantitative estimate of drug-likeness (QED) is 0.357. The SMILES string of the molecule is C[CH]=[Zr+2].C[Si](C)(C)OCCC1=CC[C-]=C1.[Cl-].[Cl-].c1ccc2c(c1)[cH-]c1ccccc12. The van der Waals surface area contributed by atoms with Crippen molar-refractivity contribution in [3.05, 3.63) is 78.4 Å². The summed E-state index contributed by atoms with van der Waals surface area (Å²) in [7, 11) is -1.29. The zero-order chi connectivity index (χ0) is 20.4. The van der Waals surface area contributed by atoms with Crippen LogP contribution in [0.5, 0.6) is 0 Å². The molecule has 5 heteroatoms. The summed E-state index contributed by atoms with van der Waals surface area (Å²) in [5.41, 5.74) is 1.38. The Morgan fingerprint density at radius 3 is 1.93 bits per heavy atom. The molecule has 0 N–H and O–H groups in total. The van der Waals surface area contributed by atoms with E-state index in [0.29, 0.717) is 0 Å². The van der Waals surface area contributed by atoms with Gasteiger partial charge in [0.1, 0.15) is 0 Å². The number of hydrogen-bond donors (Lipinski definition) is 0. The van der Waals surface area contributed by atoms with Crippen molar-refractivity contribution in [3.8, 4) is 0 Å². The molecule has 0 amide bonds. The standard InChI is InChI=1S/C13H9.C10H17OSi.C2H4.2ClH.Zr/c1-3-7-12-10(5-1)9-11-6-2-4-8-13(11)12;1-12(2,3)11-9-8-10-6-4-5-7-10;1-2;;;/h1-9H;6-7H,4,8-9H2,1-3H3;1H,2H3;2*1H;/q2*-1;;;;+2/p-2. The number of benzene rings is 2. The molecule has 0 aromatic heterocycles. The van der Waals surface area contributed by atoms with Gasteiger partial charge < -0.3 is 29.2 Å². The van der Waals surface area contributed by atoms with Gasteiger partial charge in [-0.05, 0) is 19.6 Å². The van der Waals surface area contributed by atoms with E-state index in [1.165, 1.54) is 51.4 Å². The topological polar surface area (TPSA) is 9.23 Å². The Morgan fingerprint density at radius 1 is 1.00 bits per heavy atom. The molecule has 0 saturated heterocycles. The van der Waals surface area contributed by atoms with Crippen molar-refractivity contribution >= 4 is 33.6 Å². The van der Waals surface area contributed by atoms with Crippen LogP contribution in [0.15, 0.2) is 72.3 Å². The van der Waals surface area contributed by atoms with Crippen LogP contribution in [0, 0.1) is 6.08 Å². The van der Waals surface area contributed by atoms with Crippen LogP contribution in [0.3, 0.4) is 0 Å². The average Bonchev–Trinajstić information content (AvgIpc) is 3.29. The average molecular weight is 537 g/mol. The fraction of sp³-hybridized carbons (Fsp3) is 0.280. The van der Waals surface area contributed by atoms with Crippen molar-refractivity contribution < 1.29 is 53.5 Å². The molecule has 30 heavy (non-hydrogen) atoms. The van der Waals surface area contributed by atoms with Gasteiger partial charge in [-0.2, -0.15) is 11.6 Å². The Morgan fingerprint density at radius 2 is 1.50 bits per heavy atom. The van der Waals surface area contributed by atoms with E-state index in [0.717, 1.165) is 19.4 Å². The van der Waals surface area contributed by atoms with Gasteiger partial charge in [0.05, 0.1) is 0 Å². The van der Waals surface area contributed by atoms with Crippen LogP contribution < -0.4 is 24.8 Å². The minimum Gasteiger partial charge on any atom is -1.00 e. The number of rotatable bonds is 4. The van der Waals surface area contributed by atoms with Gasteiger partial charge in [0, 0.05) is 6.61 Å². The smallest absolute Gasteiger partial charge is 0.183 e. The third kappa shape index (κ3) is 10.1. The predicted octanol–water partition coefficient (Wildman–Crippen LogP) is 0.993. The summed E-state index contributed by atoms with van der Waals surface area (Å²) in [5.74, 6) is 0. The summed E-state index contributed by atoms with van der Waals surface area (Å²) in [6.07, 6.45) is 9.49. The van der Waals surface area contributed by atoms with Crippen LogP contribution >= 0.6 is 0 Å². The normalized spacial score (nSPS) is 12.0. The summed E-state index contributed by atoms with van der Waals surface area (Å²) >= 11 is 1.51. The maximum Gasteiger partial charge on any atom is 0.183 e. The van der Waals surface area contributed by atoms with E-state index in [1.807, 2.05) is 6.92 Å². The first-order chi connectivity index (χ1) is 13.4. The van der Waals surface area contributed by atoms with E-state index >= 15 is 0 Å². The van der Waals surface area contributed by atoms with E-state index in [-0.39, 0.29) is 24.8 Å². The van der Waals surface area contributed by atoms with Crippen molar-refractivity contribution in [1.82, 2.24) is 0 Å². The third-order valence-corrected chi connectivity index (χ3v) is 5.29. The zero-order valence-corrected chi connectivity index (χ0v) is 23.2. The van der Waals surface area contributed by atoms with Crippen LogP contribution in [-0.2, 0) is 28.7 Å². The fourth-order valence-corrected chi connectivity index (χ4v) is 3.71. The molecular weight excluding hydrogens is 506 g/mol. The van der Waals surface area contributed by atoms with Crippen LogP contribution in [0.4, 0.5) is 0 Å². The molecule has 0 radical (unpaired) electrons. The summed E-state index contributed by atoms with van der Waals surface area (Å²) in [6.45, 7) is 9.58. The maximum absolute atomic E-state index is 5.74. The van der Waals surface area contributed by atoms with E-state index in [4.69, 9.17) is 4.43 Å². The van der Waals surface area contributed by atoms with Gasteiger partial charge in [-0.25, -0.2) is 6.08 Å². The molecule has 0 saturated carbocycles. The van der Waals surface area contributed by atoms with Crippen LogP contribution in [0.2, 0.25) is 19.6 Å². The summed E-state index contributed by atoms with van der Waals surface area (Å²) < 4.78 is 7.83. The van der Waals surface area contributed by atoms with Gasteiger partial charge in [-0.1, -0.05) is 42.8 Å². The van der Waals surface area contributed by atoms with Gasteiger partial charge in [0.2, 0.25) is 0 Å². The van der Waals surface area contributed by atoms with Crippen molar-refractivity contribution in [2.45, 2.75) is 39.4 Å². The predicted molar refractivity (Wildman–Crippen MR) is 123 cm³/mol. The molecule has 0 fully saturated rings. The Bertz CT molecular complexity index is 904. The van der Waals surface area contributed by atoms with E-state index < -0.39 is 8.32 Å². The Labute approximate surface area is 210 Å². The number of halogens is 2. The maximum atomic E-state index is 5.74. The molecular formula is C25H30Cl2OSiZr-2. The van der Waals surface area contributed by atoms with Gasteiger partial charge >= 0.3 is 34.9 Å². The summed E-state index contributed by atoms with van der Waals surface area (Å²) in [4.78, 5) is 0. The molecule has 1 aliphatic carbocycles. The molecule has 1 aliphatic rings.